The zero-order chi connectivity index (χ0) is 37.2. The second kappa shape index (κ2) is 12.7. The molecule has 0 N–H and O–H groups in total. The highest BCUT2D eigenvalue weighted by molar-refractivity contribution is 6.10. The van der Waals surface area contributed by atoms with Crippen molar-refractivity contribution in [3.05, 3.63) is 223 Å². The van der Waals surface area contributed by atoms with Gasteiger partial charge in [-0.05, 0) is 116 Å². The molecule has 0 saturated heterocycles. The lowest BCUT2D eigenvalue weighted by Crippen LogP contribution is -2.23. The van der Waals surface area contributed by atoms with Crippen molar-refractivity contribution in [2.45, 2.75) is 12.3 Å². The van der Waals surface area contributed by atoms with Gasteiger partial charge in [0, 0.05) is 33.4 Å². The van der Waals surface area contributed by atoms with E-state index in [1.165, 1.54) is 55.5 Å². The largest absolute Gasteiger partial charge is 0.456 e. The molecule has 0 saturated carbocycles. The van der Waals surface area contributed by atoms with E-state index in [0.29, 0.717) is 0 Å². The van der Waals surface area contributed by atoms with Gasteiger partial charge in [-0.15, -0.1) is 0 Å². The van der Waals surface area contributed by atoms with Gasteiger partial charge >= 0.3 is 0 Å². The SMILES string of the molecule is CC1(c2cccc(N(c3ccc(-c4ccccc4)cc3)c3cccc(-c4ccc5c6c(cccc46)-c4ccccc4O5)c3)c2)c2ccccc2-c2ccccc21. The maximum absolute atomic E-state index is 6.46. The minimum absolute atomic E-state index is 0.308. The normalized spacial score (nSPS) is 13.0. The molecule has 2 nitrogen and oxygen atoms in total. The van der Waals surface area contributed by atoms with E-state index in [1.54, 1.807) is 0 Å². The molecule has 0 atom stereocenters. The maximum Gasteiger partial charge on any atom is 0.135 e. The number of fused-ring (bicyclic) bond motifs is 5. The summed E-state index contributed by atoms with van der Waals surface area (Å²) in [7, 11) is 0. The highest BCUT2D eigenvalue weighted by atomic mass is 16.5. The van der Waals surface area contributed by atoms with Gasteiger partial charge in [-0.2, -0.15) is 0 Å². The first-order valence-corrected chi connectivity index (χ1v) is 19.3. The molecule has 1 aliphatic heterocycles. The second-order valence-corrected chi connectivity index (χ2v) is 15.0. The molecule has 264 valence electrons. The number of anilines is 3. The molecule has 1 aliphatic carbocycles. The van der Waals surface area contributed by atoms with Gasteiger partial charge in [0.05, 0.1) is 0 Å². The Labute approximate surface area is 327 Å². The second-order valence-electron chi connectivity index (χ2n) is 15.0. The number of para-hydroxylation sites is 1. The molecule has 0 amide bonds. The van der Waals surface area contributed by atoms with Gasteiger partial charge in [0.1, 0.15) is 11.5 Å². The highest BCUT2D eigenvalue weighted by Gasteiger charge is 2.40. The lowest BCUT2D eigenvalue weighted by atomic mass is 9.74. The third-order valence-corrected chi connectivity index (χ3v) is 12.0. The number of nitrogens with zero attached hydrogens (tertiary/aromatic N) is 1. The molecule has 0 radical (unpaired) electrons. The number of hydrogen-bond acceptors (Lipinski definition) is 2. The zero-order valence-electron chi connectivity index (χ0n) is 31.0. The van der Waals surface area contributed by atoms with Crippen LogP contribution in [0.3, 0.4) is 0 Å². The minimum atomic E-state index is -0.308. The lowest BCUT2D eigenvalue weighted by Gasteiger charge is -2.31. The van der Waals surface area contributed by atoms with Crippen LogP contribution in [0.1, 0.15) is 23.6 Å². The Bertz CT molecular complexity index is 2920. The Kier molecular flexibility index (Phi) is 7.33. The van der Waals surface area contributed by atoms with Gasteiger partial charge in [0.15, 0.2) is 0 Å². The summed E-state index contributed by atoms with van der Waals surface area (Å²) in [6.45, 7) is 2.39. The molecule has 0 unspecified atom stereocenters. The third kappa shape index (κ3) is 4.96. The fourth-order valence-corrected chi connectivity index (χ4v) is 9.25. The van der Waals surface area contributed by atoms with E-state index in [0.717, 1.165) is 45.1 Å². The third-order valence-electron chi connectivity index (χ3n) is 12.0. The predicted molar refractivity (Wildman–Crippen MR) is 232 cm³/mol. The first kappa shape index (κ1) is 32.3. The molecule has 0 aromatic heterocycles. The van der Waals surface area contributed by atoms with Crippen LogP contribution in [0.25, 0.3) is 55.3 Å². The number of benzene rings is 9. The van der Waals surface area contributed by atoms with Crippen LogP contribution in [-0.4, -0.2) is 0 Å². The molecule has 2 aliphatic rings. The number of ether oxygens (including phenoxy) is 1. The summed E-state index contributed by atoms with van der Waals surface area (Å²) in [5.74, 6) is 1.80. The molecule has 1 heterocycles. The van der Waals surface area contributed by atoms with E-state index in [-0.39, 0.29) is 5.41 Å². The average molecular weight is 716 g/mol. The smallest absolute Gasteiger partial charge is 0.135 e. The van der Waals surface area contributed by atoms with Crippen molar-refractivity contribution in [1.82, 2.24) is 0 Å². The standard InChI is InChI=1S/C54H37NO/c1-54(49-25-8-5-20-44(49)45-21-6-9-26-50(45)54)39-17-12-19-42(35-39)55(40-30-28-37(29-31-40)36-14-3-2-4-15-36)41-18-11-16-38(34-41)43-32-33-52-53-47(43)23-13-24-48(53)46-22-7-10-27-51(46)56-52/h2-35H,1H3. The minimum Gasteiger partial charge on any atom is -0.456 e. The summed E-state index contributed by atoms with van der Waals surface area (Å²) in [5, 5.41) is 2.33. The molecule has 2 heteroatoms. The van der Waals surface area contributed by atoms with Crippen molar-refractivity contribution >= 4 is 27.8 Å². The summed E-state index contributed by atoms with van der Waals surface area (Å²) in [6.07, 6.45) is 0. The molecule has 11 rings (SSSR count). The molecule has 0 fully saturated rings. The van der Waals surface area contributed by atoms with E-state index in [4.69, 9.17) is 4.74 Å². The summed E-state index contributed by atoms with van der Waals surface area (Å²) in [4.78, 5) is 2.41. The van der Waals surface area contributed by atoms with Crippen molar-refractivity contribution in [2.75, 3.05) is 4.90 Å². The van der Waals surface area contributed by atoms with Crippen LogP contribution in [0, 0.1) is 0 Å². The lowest BCUT2D eigenvalue weighted by molar-refractivity contribution is 0.487. The van der Waals surface area contributed by atoms with Crippen molar-refractivity contribution in [3.63, 3.8) is 0 Å². The molecule has 0 spiro atoms. The monoisotopic (exact) mass is 715 g/mol. The van der Waals surface area contributed by atoms with Crippen LogP contribution in [0.15, 0.2) is 206 Å². The molecular weight excluding hydrogens is 679 g/mol. The van der Waals surface area contributed by atoms with Crippen molar-refractivity contribution < 1.29 is 4.74 Å². The molecule has 56 heavy (non-hydrogen) atoms. The zero-order valence-corrected chi connectivity index (χ0v) is 31.0. The Hall–Kier alpha value is -7.16. The topological polar surface area (TPSA) is 12.5 Å². The molecule has 9 aromatic rings. The van der Waals surface area contributed by atoms with Crippen LogP contribution in [0.4, 0.5) is 17.1 Å². The van der Waals surface area contributed by atoms with E-state index in [1.807, 2.05) is 6.07 Å². The Morgan fingerprint density at radius 3 is 1.73 bits per heavy atom. The van der Waals surface area contributed by atoms with E-state index in [2.05, 4.69) is 212 Å². The van der Waals surface area contributed by atoms with Gasteiger partial charge in [-0.25, -0.2) is 0 Å². The van der Waals surface area contributed by atoms with Crippen LogP contribution in [0.2, 0.25) is 0 Å². The Balaban J connectivity index is 1.07. The van der Waals surface area contributed by atoms with Gasteiger partial charge < -0.3 is 9.64 Å². The van der Waals surface area contributed by atoms with E-state index in [9.17, 15) is 0 Å². The van der Waals surface area contributed by atoms with Crippen molar-refractivity contribution in [3.8, 4) is 56.0 Å². The summed E-state index contributed by atoms with van der Waals surface area (Å²) in [6, 6.07) is 74.8. The fraction of sp³-hybridized carbons (Fsp3) is 0.0370. The molecule has 0 bridgehead atoms. The quantitative estimate of drug-likeness (QED) is 0.170. The summed E-state index contributed by atoms with van der Waals surface area (Å²) < 4.78 is 6.46. The van der Waals surface area contributed by atoms with Gasteiger partial charge in [0.25, 0.3) is 0 Å². The Morgan fingerprint density at radius 1 is 0.375 bits per heavy atom. The summed E-state index contributed by atoms with van der Waals surface area (Å²) >= 11 is 0. The predicted octanol–water partition coefficient (Wildman–Crippen LogP) is 14.8. The summed E-state index contributed by atoms with van der Waals surface area (Å²) in [5.41, 5.74) is 16.6. The highest BCUT2D eigenvalue weighted by Crippen LogP contribution is 2.53. The first-order chi connectivity index (χ1) is 27.6. The van der Waals surface area contributed by atoms with Crippen LogP contribution in [-0.2, 0) is 5.41 Å². The first-order valence-electron chi connectivity index (χ1n) is 19.3. The number of rotatable bonds is 6. The molecule has 9 aromatic carbocycles. The van der Waals surface area contributed by atoms with Crippen molar-refractivity contribution in [1.29, 1.82) is 0 Å². The van der Waals surface area contributed by atoms with Crippen LogP contribution < -0.4 is 9.64 Å². The van der Waals surface area contributed by atoms with Gasteiger partial charge in [-0.3, -0.25) is 0 Å². The Morgan fingerprint density at radius 2 is 0.964 bits per heavy atom. The van der Waals surface area contributed by atoms with E-state index >= 15 is 0 Å². The number of hydrogen-bond donors (Lipinski definition) is 0. The van der Waals surface area contributed by atoms with E-state index < -0.39 is 0 Å². The maximum atomic E-state index is 6.46. The van der Waals surface area contributed by atoms with Gasteiger partial charge in [0.2, 0.25) is 0 Å². The van der Waals surface area contributed by atoms with Crippen molar-refractivity contribution in [2.24, 2.45) is 0 Å². The van der Waals surface area contributed by atoms with Crippen LogP contribution in [0.5, 0.6) is 11.5 Å². The molecular formula is C54H37NO. The fourth-order valence-electron chi connectivity index (χ4n) is 9.25. The van der Waals surface area contributed by atoms with Crippen LogP contribution >= 0.6 is 0 Å². The average Bonchev–Trinajstić information content (AvgIpc) is 3.53. The van der Waals surface area contributed by atoms with Gasteiger partial charge in [-0.1, -0.05) is 158 Å².